The van der Waals surface area contributed by atoms with E-state index in [2.05, 4.69) is 74.0 Å². The van der Waals surface area contributed by atoms with Crippen LogP contribution in [0.15, 0.2) is 70.5 Å². The Kier molecular flexibility index (Phi) is 11.0. The third-order valence-corrected chi connectivity index (χ3v) is 14.2. The second kappa shape index (κ2) is 16.5. The summed E-state index contributed by atoms with van der Waals surface area (Å²) in [4.78, 5) is 66.2. The summed E-state index contributed by atoms with van der Waals surface area (Å²) in [6, 6.07) is 19.5. The van der Waals surface area contributed by atoms with Crippen LogP contribution in [0.5, 0.6) is 0 Å². The van der Waals surface area contributed by atoms with Crippen LogP contribution in [0.25, 0.3) is 11.0 Å². The van der Waals surface area contributed by atoms with Crippen molar-refractivity contribution >= 4 is 52.3 Å². The fourth-order valence-electron chi connectivity index (χ4n) is 9.80. The number of carbonyl (C=O) groups excluding carboxylic acids is 3. The number of nitrogens with one attached hydrogen (secondary N) is 2. The van der Waals surface area contributed by atoms with Gasteiger partial charge in [0, 0.05) is 97.1 Å². The van der Waals surface area contributed by atoms with Crippen molar-refractivity contribution in [3.05, 3.63) is 87.8 Å². The number of imide groups is 1. The van der Waals surface area contributed by atoms with Crippen LogP contribution >= 0.6 is 11.9 Å². The molecule has 6 aliphatic rings. The Balaban J connectivity index is 0.000000152. The Labute approximate surface area is 343 Å². The maximum Gasteiger partial charge on any atom is 0.255 e. The van der Waals surface area contributed by atoms with Gasteiger partial charge >= 0.3 is 0 Å². The predicted molar refractivity (Wildman–Crippen MR) is 226 cm³/mol. The van der Waals surface area contributed by atoms with Crippen molar-refractivity contribution in [2.75, 3.05) is 43.4 Å². The van der Waals surface area contributed by atoms with Gasteiger partial charge in [0.15, 0.2) is 0 Å². The number of hydrogen-bond acceptors (Lipinski definition) is 11. The van der Waals surface area contributed by atoms with Crippen LogP contribution in [0.3, 0.4) is 0 Å². The van der Waals surface area contributed by atoms with Crippen molar-refractivity contribution in [3.63, 3.8) is 0 Å². The molecule has 5 aliphatic heterocycles. The Morgan fingerprint density at radius 1 is 0.845 bits per heavy atom. The first-order valence-electron chi connectivity index (χ1n) is 21.1. The van der Waals surface area contributed by atoms with Crippen LogP contribution in [0.1, 0.15) is 91.7 Å². The number of benzene rings is 2. The summed E-state index contributed by atoms with van der Waals surface area (Å²) in [5.74, 6) is -0.0882. The van der Waals surface area contributed by atoms with Crippen molar-refractivity contribution in [3.8, 4) is 0 Å². The van der Waals surface area contributed by atoms with Gasteiger partial charge in [-0.25, -0.2) is 9.29 Å². The van der Waals surface area contributed by atoms with Gasteiger partial charge in [0.25, 0.3) is 11.5 Å². The number of pyridine rings is 1. The second-order valence-corrected chi connectivity index (χ2v) is 18.1. The molecule has 1 saturated carbocycles. The summed E-state index contributed by atoms with van der Waals surface area (Å²) < 4.78 is 4.34. The maximum absolute atomic E-state index is 12.8. The molecule has 4 saturated heterocycles. The van der Waals surface area contributed by atoms with E-state index in [4.69, 9.17) is 4.98 Å². The second-order valence-electron chi connectivity index (χ2n) is 16.9. The third-order valence-electron chi connectivity index (χ3n) is 13.1. The fraction of sp³-hybridized carbons (Fsp3) is 0.500. The molecule has 3 amide bonds. The molecule has 3 atom stereocenters. The number of carbonyl (C=O) groups is 3. The molecule has 4 aromatic rings. The summed E-state index contributed by atoms with van der Waals surface area (Å²) in [6.07, 6.45) is 11.6. The summed E-state index contributed by atoms with van der Waals surface area (Å²) in [5, 5.41) is 6.81. The van der Waals surface area contributed by atoms with E-state index in [9.17, 15) is 19.2 Å². The van der Waals surface area contributed by atoms with E-state index in [1.807, 2.05) is 40.9 Å². The van der Waals surface area contributed by atoms with E-state index < -0.39 is 6.04 Å². The summed E-state index contributed by atoms with van der Waals surface area (Å²) in [5.41, 5.74) is 4.94. The lowest BCUT2D eigenvalue weighted by Gasteiger charge is -2.40. The normalized spacial score (nSPS) is 24.2. The quantitative estimate of drug-likeness (QED) is 0.181. The lowest BCUT2D eigenvalue weighted by molar-refractivity contribution is -0.136. The minimum atomic E-state index is -0.550. The first-order chi connectivity index (χ1) is 28.2. The molecule has 3 unspecified atom stereocenters. The number of hydrogen-bond donors (Lipinski definition) is 2. The van der Waals surface area contributed by atoms with Gasteiger partial charge in [-0.05, 0) is 118 Å². The van der Waals surface area contributed by atoms with Crippen LogP contribution < -0.4 is 21.1 Å². The Morgan fingerprint density at radius 2 is 1.62 bits per heavy atom. The highest BCUT2D eigenvalue weighted by atomic mass is 32.2. The van der Waals surface area contributed by atoms with Gasteiger partial charge in [-0.15, -0.1) is 0 Å². The average molecular weight is 804 g/mol. The highest BCUT2D eigenvalue weighted by Crippen LogP contribution is 2.35. The van der Waals surface area contributed by atoms with Gasteiger partial charge in [0.2, 0.25) is 17.8 Å². The molecule has 2 bridgehead atoms. The van der Waals surface area contributed by atoms with Crippen LogP contribution in [-0.2, 0) is 16.1 Å². The van der Waals surface area contributed by atoms with E-state index in [0.29, 0.717) is 42.6 Å². The zero-order valence-corrected chi connectivity index (χ0v) is 34.3. The largest absolute Gasteiger partial charge is 0.368 e. The molecular formula is C44H53N9O4S. The Hall–Kier alpha value is -4.79. The number of aromatic nitrogens is 3. The molecule has 2 N–H and O–H groups in total. The summed E-state index contributed by atoms with van der Waals surface area (Å²) in [7, 11) is 2.22. The van der Waals surface area contributed by atoms with E-state index in [1.165, 1.54) is 36.1 Å². The molecule has 2 aromatic heterocycles. The van der Waals surface area contributed by atoms with Gasteiger partial charge in [-0.3, -0.25) is 34.0 Å². The minimum absolute atomic E-state index is 0.0468. The van der Waals surface area contributed by atoms with Crippen LogP contribution in [0.4, 0.5) is 11.6 Å². The van der Waals surface area contributed by atoms with Crippen LogP contribution in [0, 0.1) is 6.92 Å². The Bertz CT molecular complexity index is 2260. The number of aryl methyl sites for hydroxylation is 1. The van der Waals surface area contributed by atoms with Crippen molar-refractivity contribution in [2.24, 2.45) is 0 Å². The number of fused-ring (bicyclic) bond motifs is 4. The third kappa shape index (κ3) is 7.98. The molecule has 13 nitrogen and oxygen atoms in total. The molecular weight excluding hydrogens is 751 g/mol. The zero-order valence-electron chi connectivity index (χ0n) is 33.4. The molecule has 0 spiro atoms. The first kappa shape index (κ1) is 38.7. The number of nitrogens with zero attached hydrogens (tertiary/aromatic N) is 7. The zero-order chi connectivity index (χ0) is 39.9. The van der Waals surface area contributed by atoms with Gasteiger partial charge < -0.3 is 15.1 Å². The van der Waals surface area contributed by atoms with Crippen LogP contribution in [-0.4, -0.2) is 104 Å². The topological polar surface area (TPSA) is 136 Å². The Morgan fingerprint density at radius 3 is 2.36 bits per heavy atom. The van der Waals surface area contributed by atoms with E-state index in [1.54, 1.807) is 11.0 Å². The lowest BCUT2D eigenvalue weighted by Crippen LogP contribution is -2.52. The molecule has 0 radical (unpaired) electrons. The molecule has 304 valence electrons. The van der Waals surface area contributed by atoms with Gasteiger partial charge in [-0.2, -0.15) is 4.98 Å². The number of piperazine rings is 1. The highest BCUT2D eigenvalue weighted by Gasteiger charge is 2.41. The maximum atomic E-state index is 12.8. The molecule has 7 heterocycles. The number of anilines is 2. The van der Waals surface area contributed by atoms with Crippen molar-refractivity contribution in [1.29, 1.82) is 0 Å². The van der Waals surface area contributed by atoms with Crippen molar-refractivity contribution in [2.45, 2.75) is 113 Å². The van der Waals surface area contributed by atoms with Gasteiger partial charge in [-0.1, -0.05) is 25.0 Å². The number of likely N-dealkylation sites (N-methyl/N-ethyl adjacent to an activating group) is 1. The number of piperidine rings is 2. The van der Waals surface area contributed by atoms with E-state index in [0.717, 1.165) is 74.1 Å². The van der Waals surface area contributed by atoms with Gasteiger partial charge in [0.05, 0.1) is 0 Å². The molecule has 58 heavy (non-hydrogen) atoms. The highest BCUT2D eigenvalue weighted by molar-refractivity contribution is 7.97. The standard InChI is InChI=1S/C24H29N5OS.C20H24N4O3/c1-17-5-4-8-21(15-17)31-28-13-11-19(12-14-28)26-24-25-16-18-9-10-22(30)29(23(18)27-24)20-6-2-3-7-20;1-22-14-2-3-15(22)11-23(10-14)13-4-5-16-12(8-13)9-24(20(16)27)17-6-7-18(25)21-19(17)26/h4-5,8-10,15-16,19-20H,2-3,6-7,11-14H2,1H3,(H,25,26,27);4-5,8,14-15,17H,2-3,6-7,9-11H2,1H3,(H,21,25,26). The molecule has 5 fully saturated rings. The minimum Gasteiger partial charge on any atom is -0.368 e. The van der Waals surface area contributed by atoms with Crippen molar-refractivity contribution in [1.82, 2.24) is 34.0 Å². The smallest absolute Gasteiger partial charge is 0.255 e. The van der Waals surface area contributed by atoms with Crippen molar-refractivity contribution < 1.29 is 14.4 Å². The predicted octanol–water partition coefficient (Wildman–Crippen LogP) is 5.53. The SMILES string of the molecule is CN1C2CCC1CN(c1ccc3c(c1)CN(C1CCC(=O)NC1=O)C3=O)C2.Cc1cccc(SN2CCC(Nc3ncc4ccc(=O)n(C5CCCC5)c4n3)CC2)c1. The monoisotopic (exact) mass is 803 g/mol. The van der Waals surface area contributed by atoms with Crippen LogP contribution in [0.2, 0.25) is 0 Å². The molecule has 2 aromatic carbocycles. The number of rotatable bonds is 7. The van der Waals surface area contributed by atoms with Gasteiger partial charge in [0.1, 0.15) is 11.7 Å². The van der Waals surface area contributed by atoms with E-state index in [-0.39, 0.29) is 35.7 Å². The molecule has 14 heteroatoms. The average Bonchev–Trinajstić information content (AvgIpc) is 3.90. The summed E-state index contributed by atoms with van der Waals surface area (Å²) in [6.45, 7) is 6.67. The first-order valence-corrected chi connectivity index (χ1v) is 21.8. The fourth-order valence-corrected chi connectivity index (χ4v) is 10.9. The number of amides is 3. The van der Waals surface area contributed by atoms with E-state index >= 15 is 0 Å². The molecule has 1 aliphatic carbocycles. The summed E-state index contributed by atoms with van der Waals surface area (Å²) >= 11 is 1.84. The lowest BCUT2D eigenvalue weighted by atomic mass is 10.0. The molecule has 10 rings (SSSR count).